The lowest BCUT2D eigenvalue weighted by Crippen LogP contribution is -2.11. The number of thiazole rings is 1. The summed E-state index contributed by atoms with van der Waals surface area (Å²) in [7, 11) is 0. The van der Waals surface area contributed by atoms with E-state index in [4.69, 9.17) is 0 Å². The van der Waals surface area contributed by atoms with Crippen molar-refractivity contribution < 1.29 is 9.18 Å². The molecule has 0 aliphatic rings. The number of hydrogen-bond acceptors (Lipinski definition) is 4. The molecule has 7 heteroatoms. The van der Waals surface area contributed by atoms with Crippen LogP contribution < -0.4 is 5.32 Å². The molecule has 0 fully saturated rings. The summed E-state index contributed by atoms with van der Waals surface area (Å²) < 4.78 is 13.6. The van der Waals surface area contributed by atoms with Gasteiger partial charge in [0, 0.05) is 27.8 Å². The Kier molecular flexibility index (Phi) is 4.26. The van der Waals surface area contributed by atoms with Crippen molar-refractivity contribution in [3.63, 3.8) is 0 Å². The minimum absolute atomic E-state index is 0.284. The number of nitrogens with zero attached hydrogens (tertiary/aromatic N) is 2. The van der Waals surface area contributed by atoms with Gasteiger partial charge >= 0.3 is 0 Å². The number of halogens is 2. The number of pyridine rings is 1. The first kappa shape index (κ1) is 14.8. The molecule has 1 N–H and O–H groups in total. The molecule has 110 valence electrons. The lowest BCUT2D eigenvalue weighted by Gasteiger charge is -2.01. The summed E-state index contributed by atoms with van der Waals surface area (Å²) >= 11 is 4.58. The molecule has 1 aromatic carbocycles. The zero-order valence-corrected chi connectivity index (χ0v) is 13.5. The van der Waals surface area contributed by atoms with Gasteiger partial charge in [-0.05, 0) is 46.3 Å². The quantitative estimate of drug-likeness (QED) is 0.737. The third-order valence-electron chi connectivity index (χ3n) is 2.83. The monoisotopic (exact) mass is 377 g/mol. The molecule has 0 radical (unpaired) electrons. The third kappa shape index (κ3) is 3.37. The summed E-state index contributed by atoms with van der Waals surface area (Å²) in [6.07, 6.45) is 3.08. The molecule has 3 aromatic rings. The summed E-state index contributed by atoms with van der Waals surface area (Å²) in [5, 5.41) is 5.00. The van der Waals surface area contributed by atoms with Crippen LogP contribution in [-0.2, 0) is 0 Å². The van der Waals surface area contributed by atoms with Crippen molar-refractivity contribution in [3.8, 4) is 11.3 Å². The molecule has 4 nitrogen and oxygen atoms in total. The molecule has 1 amide bonds. The molecule has 0 saturated carbocycles. The largest absolute Gasteiger partial charge is 0.298 e. The fourth-order valence-corrected chi connectivity index (χ4v) is 2.87. The van der Waals surface area contributed by atoms with E-state index in [0.29, 0.717) is 16.4 Å². The molecule has 0 atom stereocenters. The number of aromatic nitrogens is 2. The smallest absolute Gasteiger partial charge is 0.259 e. The molecule has 2 aromatic heterocycles. The summed E-state index contributed by atoms with van der Waals surface area (Å²) in [6, 6.07) is 7.72. The normalized spacial score (nSPS) is 10.5. The lowest BCUT2D eigenvalue weighted by molar-refractivity contribution is 0.102. The molecule has 0 aliphatic carbocycles. The maximum Gasteiger partial charge on any atom is 0.259 e. The minimum atomic E-state index is -0.297. The van der Waals surface area contributed by atoms with Gasteiger partial charge in [0.25, 0.3) is 5.91 Å². The van der Waals surface area contributed by atoms with E-state index in [-0.39, 0.29) is 11.7 Å². The van der Waals surface area contributed by atoms with Crippen LogP contribution in [0.5, 0.6) is 0 Å². The van der Waals surface area contributed by atoms with Crippen molar-refractivity contribution in [1.82, 2.24) is 9.97 Å². The fraction of sp³-hybridized carbons (Fsp3) is 0. The number of carbonyl (C=O) groups excluding carboxylic acids is 1. The number of benzene rings is 1. The molecule has 0 aliphatic heterocycles. The highest BCUT2D eigenvalue weighted by atomic mass is 79.9. The van der Waals surface area contributed by atoms with Gasteiger partial charge in [0.2, 0.25) is 0 Å². The maximum atomic E-state index is 12.9. The van der Waals surface area contributed by atoms with Gasteiger partial charge in [0.05, 0.1) is 11.3 Å². The Bertz CT molecular complexity index is 820. The zero-order chi connectivity index (χ0) is 15.5. The summed E-state index contributed by atoms with van der Waals surface area (Å²) in [5.74, 6) is -0.580. The number of carbonyl (C=O) groups is 1. The summed E-state index contributed by atoms with van der Waals surface area (Å²) in [5.41, 5.74) is 1.92. The van der Waals surface area contributed by atoms with E-state index in [2.05, 4.69) is 31.2 Å². The minimum Gasteiger partial charge on any atom is -0.298 e. The van der Waals surface area contributed by atoms with E-state index in [9.17, 15) is 9.18 Å². The predicted octanol–water partition coefficient (Wildman–Crippen LogP) is 4.36. The predicted molar refractivity (Wildman–Crippen MR) is 87.4 cm³/mol. The molecule has 0 unspecified atom stereocenters. The van der Waals surface area contributed by atoms with Crippen LogP contribution in [0, 0.1) is 5.82 Å². The number of anilines is 1. The Morgan fingerprint density at radius 3 is 2.73 bits per heavy atom. The van der Waals surface area contributed by atoms with E-state index in [1.54, 1.807) is 24.4 Å². The standard InChI is InChI=1S/C15H9BrFN3OS/c16-11-5-10(6-18-7-11)14(21)20-15-19-13(8-22-15)9-1-3-12(17)4-2-9/h1-8H,(H,19,20,21). The fourth-order valence-electron chi connectivity index (χ4n) is 1.79. The maximum absolute atomic E-state index is 12.9. The Morgan fingerprint density at radius 1 is 1.23 bits per heavy atom. The highest BCUT2D eigenvalue weighted by molar-refractivity contribution is 9.10. The molecular formula is C15H9BrFN3OS. The van der Waals surface area contributed by atoms with Crippen LogP contribution in [-0.4, -0.2) is 15.9 Å². The molecule has 0 bridgehead atoms. The van der Waals surface area contributed by atoms with Gasteiger partial charge in [-0.2, -0.15) is 0 Å². The van der Waals surface area contributed by atoms with E-state index in [0.717, 1.165) is 10.0 Å². The van der Waals surface area contributed by atoms with Gasteiger partial charge in [-0.3, -0.25) is 15.1 Å². The second kappa shape index (κ2) is 6.33. The Labute approximate surface area is 138 Å². The van der Waals surface area contributed by atoms with Crippen LogP contribution in [0.3, 0.4) is 0 Å². The summed E-state index contributed by atoms with van der Waals surface area (Å²) in [4.78, 5) is 20.4. The van der Waals surface area contributed by atoms with E-state index in [1.165, 1.54) is 29.7 Å². The first-order valence-electron chi connectivity index (χ1n) is 6.25. The summed E-state index contributed by atoms with van der Waals surface area (Å²) in [6.45, 7) is 0. The third-order valence-corrected chi connectivity index (χ3v) is 4.02. The van der Waals surface area contributed by atoms with E-state index < -0.39 is 0 Å². The van der Waals surface area contributed by atoms with Gasteiger partial charge in [0.1, 0.15) is 5.82 Å². The van der Waals surface area contributed by atoms with Crippen molar-refractivity contribution in [2.75, 3.05) is 5.32 Å². The number of hydrogen-bond donors (Lipinski definition) is 1. The van der Waals surface area contributed by atoms with E-state index in [1.807, 2.05) is 5.38 Å². The first-order chi connectivity index (χ1) is 10.6. The molecule has 3 rings (SSSR count). The van der Waals surface area contributed by atoms with Gasteiger partial charge in [-0.15, -0.1) is 11.3 Å². The second-order valence-electron chi connectivity index (χ2n) is 4.39. The number of amides is 1. The van der Waals surface area contributed by atoms with Crippen molar-refractivity contribution >= 4 is 38.3 Å². The van der Waals surface area contributed by atoms with Gasteiger partial charge in [0.15, 0.2) is 5.13 Å². The van der Waals surface area contributed by atoms with Crippen LogP contribution >= 0.6 is 27.3 Å². The molecule has 0 saturated heterocycles. The van der Waals surface area contributed by atoms with Crippen molar-refractivity contribution in [2.24, 2.45) is 0 Å². The highest BCUT2D eigenvalue weighted by Gasteiger charge is 2.10. The van der Waals surface area contributed by atoms with Crippen molar-refractivity contribution in [1.29, 1.82) is 0 Å². The van der Waals surface area contributed by atoms with E-state index >= 15 is 0 Å². The Morgan fingerprint density at radius 2 is 2.00 bits per heavy atom. The lowest BCUT2D eigenvalue weighted by atomic mass is 10.2. The van der Waals surface area contributed by atoms with Crippen LogP contribution in [0.1, 0.15) is 10.4 Å². The topological polar surface area (TPSA) is 54.9 Å². The Balaban J connectivity index is 1.77. The van der Waals surface area contributed by atoms with Gasteiger partial charge in [-0.25, -0.2) is 9.37 Å². The highest BCUT2D eigenvalue weighted by Crippen LogP contribution is 2.25. The average molecular weight is 378 g/mol. The average Bonchev–Trinajstić information content (AvgIpc) is 2.96. The van der Waals surface area contributed by atoms with Crippen LogP contribution in [0.25, 0.3) is 11.3 Å². The zero-order valence-electron chi connectivity index (χ0n) is 11.1. The second-order valence-corrected chi connectivity index (χ2v) is 6.16. The number of nitrogens with one attached hydrogen (secondary N) is 1. The van der Waals surface area contributed by atoms with Gasteiger partial charge < -0.3 is 0 Å². The van der Waals surface area contributed by atoms with Crippen molar-refractivity contribution in [3.05, 3.63) is 64.0 Å². The SMILES string of the molecule is O=C(Nc1nc(-c2ccc(F)cc2)cs1)c1cncc(Br)c1. The van der Waals surface area contributed by atoms with Gasteiger partial charge in [-0.1, -0.05) is 0 Å². The molecular weight excluding hydrogens is 369 g/mol. The van der Waals surface area contributed by atoms with Crippen LogP contribution in [0.2, 0.25) is 0 Å². The molecule has 0 spiro atoms. The van der Waals surface area contributed by atoms with Crippen LogP contribution in [0.15, 0.2) is 52.6 Å². The molecule has 2 heterocycles. The van der Waals surface area contributed by atoms with Crippen LogP contribution in [0.4, 0.5) is 9.52 Å². The Hall–Kier alpha value is -2.12. The molecule has 22 heavy (non-hydrogen) atoms. The first-order valence-corrected chi connectivity index (χ1v) is 7.92. The van der Waals surface area contributed by atoms with Crippen molar-refractivity contribution in [2.45, 2.75) is 0 Å². The number of rotatable bonds is 3.